The van der Waals surface area contributed by atoms with Crippen molar-refractivity contribution < 1.29 is 19.1 Å². The second-order valence-corrected chi connectivity index (χ2v) is 6.66. The number of hydrogen-bond donors (Lipinski definition) is 1. The van der Waals surface area contributed by atoms with Gasteiger partial charge in [0.2, 0.25) is 5.91 Å². The lowest BCUT2D eigenvalue weighted by atomic mass is 9.91. The third-order valence-electron chi connectivity index (χ3n) is 4.87. The van der Waals surface area contributed by atoms with Crippen molar-refractivity contribution in [3.05, 3.63) is 53.6 Å². The fourth-order valence-corrected chi connectivity index (χ4v) is 3.61. The predicted molar refractivity (Wildman–Crippen MR) is 104 cm³/mol. The maximum Gasteiger partial charge on any atom is 0.337 e. The molecule has 2 aromatic carbocycles. The van der Waals surface area contributed by atoms with Gasteiger partial charge in [-0.3, -0.25) is 4.79 Å². The molecule has 0 fully saturated rings. The van der Waals surface area contributed by atoms with Crippen molar-refractivity contribution in [1.82, 2.24) is 0 Å². The molecule has 1 aliphatic rings. The highest BCUT2D eigenvalue weighted by molar-refractivity contribution is 5.94. The Balaban J connectivity index is 1.92. The fourth-order valence-electron chi connectivity index (χ4n) is 3.61. The molecule has 0 aromatic heterocycles. The van der Waals surface area contributed by atoms with Gasteiger partial charge in [-0.05, 0) is 55.8 Å². The first-order valence-electron chi connectivity index (χ1n) is 8.87. The SMILES string of the molecule is COC(=O)c1ccc(N[C@H]2C[C@@H](C)N(C(C)=O)c3ccc(OC)cc32)cc1. The number of carbonyl (C=O) groups is 2. The van der Waals surface area contributed by atoms with Crippen LogP contribution in [0.25, 0.3) is 0 Å². The molecular weight excluding hydrogens is 344 g/mol. The molecule has 1 aliphatic heterocycles. The zero-order valence-electron chi connectivity index (χ0n) is 16.0. The summed E-state index contributed by atoms with van der Waals surface area (Å²) in [6.07, 6.45) is 0.762. The number of fused-ring (bicyclic) bond motifs is 1. The second kappa shape index (κ2) is 7.70. The average Bonchev–Trinajstić information content (AvgIpc) is 2.67. The fraction of sp³-hybridized carbons (Fsp3) is 0.333. The summed E-state index contributed by atoms with van der Waals surface area (Å²) in [6, 6.07) is 13.0. The van der Waals surface area contributed by atoms with Gasteiger partial charge in [-0.25, -0.2) is 4.79 Å². The van der Waals surface area contributed by atoms with Gasteiger partial charge < -0.3 is 19.7 Å². The minimum atomic E-state index is -0.361. The van der Waals surface area contributed by atoms with E-state index in [4.69, 9.17) is 9.47 Å². The summed E-state index contributed by atoms with van der Waals surface area (Å²) in [5.41, 5.74) is 3.31. The molecule has 6 nitrogen and oxygen atoms in total. The molecule has 142 valence electrons. The van der Waals surface area contributed by atoms with Crippen LogP contribution in [-0.2, 0) is 9.53 Å². The number of methoxy groups -OCH3 is 2. The third kappa shape index (κ3) is 3.74. The number of rotatable bonds is 4. The van der Waals surface area contributed by atoms with Crippen LogP contribution in [-0.4, -0.2) is 32.1 Å². The molecule has 3 rings (SSSR count). The maximum atomic E-state index is 12.2. The van der Waals surface area contributed by atoms with Gasteiger partial charge in [0.25, 0.3) is 0 Å². The normalized spacial score (nSPS) is 18.4. The van der Waals surface area contributed by atoms with Crippen LogP contribution in [0.4, 0.5) is 11.4 Å². The number of anilines is 2. The summed E-state index contributed by atoms with van der Waals surface area (Å²) in [5, 5.41) is 3.52. The topological polar surface area (TPSA) is 67.9 Å². The van der Waals surface area contributed by atoms with Crippen LogP contribution in [0.2, 0.25) is 0 Å². The van der Waals surface area contributed by atoms with E-state index in [1.54, 1.807) is 26.2 Å². The van der Waals surface area contributed by atoms with Gasteiger partial charge in [0, 0.05) is 29.9 Å². The Morgan fingerprint density at radius 1 is 1.11 bits per heavy atom. The smallest absolute Gasteiger partial charge is 0.337 e. The van der Waals surface area contributed by atoms with Gasteiger partial charge in [0.1, 0.15) is 5.75 Å². The molecule has 0 spiro atoms. The Kier molecular flexibility index (Phi) is 5.35. The largest absolute Gasteiger partial charge is 0.497 e. The van der Waals surface area contributed by atoms with Crippen molar-refractivity contribution in [2.24, 2.45) is 0 Å². The summed E-state index contributed by atoms with van der Waals surface area (Å²) in [4.78, 5) is 25.6. The quantitative estimate of drug-likeness (QED) is 0.832. The number of amides is 1. The summed E-state index contributed by atoms with van der Waals surface area (Å²) in [6.45, 7) is 3.63. The van der Waals surface area contributed by atoms with Gasteiger partial charge in [0.15, 0.2) is 0 Å². The van der Waals surface area contributed by atoms with Crippen molar-refractivity contribution in [2.45, 2.75) is 32.4 Å². The highest BCUT2D eigenvalue weighted by Crippen LogP contribution is 2.40. The van der Waals surface area contributed by atoms with E-state index < -0.39 is 0 Å². The van der Waals surface area contributed by atoms with Crippen molar-refractivity contribution in [3.63, 3.8) is 0 Å². The Bertz CT molecular complexity index is 848. The molecule has 1 N–H and O–H groups in total. The van der Waals surface area contributed by atoms with Crippen LogP contribution in [0.15, 0.2) is 42.5 Å². The number of benzene rings is 2. The minimum Gasteiger partial charge on any atom is -0.497 e. The van der Waals surface area contributed by atoms with Crippen molar-refractivity contribution >= 4 is 23.3 Å². The number of nitrogens with zero attached hydrogens (tertiary/aromatic N) is 1. The van der Waals surface area contributed by atoms with E-state index in [-0.39, 0.29) is 24.0 Å². The molecule has 1 heterocycles. The van der Waals surface area contributed by atoms with Gasteiger partial charge in [0.05, 0.1) is 25.8 Å². The number of ether oxygens (including phenoxy) is 2. The minimum absolute atomic E-state index is 0.0182. The average molecular weight is 368 g/mol. The first-order valence-corrected chi connectivity index (χ1v) is 8.87. The van der Waals surface area contributed by atoms with Crippen molar-refractivity contribution in [1.29, 1.82) is 0 Å². The number of esters is 1. The molecule has 0 unspecified atom stereocenters. The van der Waals surface area contributed by atoms with E-state index >= 15 is 0 Å². The summed E-state index contributed by atoms with van der Waals surface area (Å²) >= 11 is 0. The van der Waals surface area contributed by atoms with Gasteiger partial charge >= 0.3 is 5.97 Å². The first kappa shape index (κ1) is 18.8. The molecule has 27 heavy (non-hydrogen) atoms. The van der Waals surface area contributed by atoms with Gasteiger partial charge in [-0.2, -0.15) is 0 Å². The second-order valence-electron chi connectivity index (χ2n) is 6.66. The molecule has 1 amide bonds. The van der Waals surface area contributed by atoms with Gasteiger partial charge in [-0.1, -0.05) is 0 Å². The van der Waals surface area contributed by atoms with Crippen LogP contribution < -0.4 is 15.0 Å². The highest BCUT2D eigenvalue weighted by atomic mass is 16.5. The zero-order valence-corrected chi connectivity index (χ0v) is 16.0. The van der Waals surface area contributed by atoms with E-state index in [2.05, 4.69) is 5.32 Å². The van der Waals surface area contributed by atoms with Crippen molar-refractivity contribution in [3.8, 4) is 5.75 Å². The molecule has 0 radical (unpaired) electrons. The molecule has 6 heteroatoms. The molecule has 0 bridgehead atoms. The van der Waals surface area contributed by atoms with E-state index in [1.165, 1.54) is 7.11 Å². The number of carbonyl (C=O) groups excluding carboxylic acids is 2. The Labute approximate surface area is 159 Å². The Morgan fingerprint density at radius 2 is 1.81 bits per heavy atom. The van der Waals surface area contributed by atoms with Crippen LogP contribution in [0.3, 0.4) is 0 Å². The standard InChI is InChI=1S/C21H24N2O4/c1-13-11-19(22-16-7-5-15(6-8-16)21(25)27-4)18-12-17(26-3)9-10-20(18)23(13)14(2)24/h5-10,12-13,19,22H,11H2,1-4H3/t13-,19+/m1/s1. The maximum absolute atomic E-state index is 12.2. The molecule has 0 saturated heterocycles. The third-order valence-corrected chi connectivity index (χ3v) is 4.87. The summed E-state index contributed by atoms with van der Waals surface area (Å²) < 4.78 is 10.1. The lowest BCUT2D eigenvalue weighted by Gasteiger charge is -2.39. The predicted octanol–water partition coefficient (Wildman–Crippen LogP) is 3.78. The van der Waals surface area contributed by atoms with E-state index in [0.29, 0.717) is 5.56 Å². The summed E-state index contributed by atoms with van der Waals surface area (Å²) in [5.74, 6) is 0.412. The van der Waals surface area contributed by atoms with E-state index in [0.717, 1.165) is 29.1 Å². The molecule has 0 saturated carbocycles. The van der Waals surface area contributed by atoms with E-state index in [9.17, 15) is 9.59 Å². The van der Waals surface area contributed by atoms with Crippen LogP contribution in [0.1, 0.15) is 42.2 Å². The van der Waals surface area contributed by atoms with E-state index in [1.807, 2.05) is 42.2 Å². The molecular formula is C21H24N2O4. The lowest BCUT2D eigenvalue weighted by molar-refractivity contribution is -0.117. The first-order chi connectivity index (χ1) is 12.9. The van der Waals surface area contributed by atoms with Crippen LogP contribution in [0.5, 0.6) is 5.75 Å². The molecule has 2 atom stereocenters. The Morgan fingerprint density at radius 3 is 2.41 bits per heavy atom. The highest BCUT2D eigenvalue weighted by Gasteiger charge is 2.32. The number of nitrogens with one attached hydrogen (secondary N) is 1. The van der Waals surface area contributed by atoms with Crippen molar-refractivity contribution in [2.75, 3.05) is 24.4 Å². The summed E-state index contributed by atoms with van der Waals surface area (Å²) in [7, 11) is 2.99. The van der Waals surface area contributed by atoms with Crippen LogP contribution in [0, 0.1) is 0 Å². The number of hydrogen-bond acceptors (Lipinski definition) is 5. The monoisotopic (exact) mass is 368 g/mol. The van der Waals surface area contributed by atoms with Crippen LogP contribution >= 0.6 is 0 Å². The zero-order chi connectivity index (χ0) is 19.6. The molecule has 2 aromatic rings. The molecule has 0 aliphatic carbocycles. The Hall–Kier alpha value is -3.02. The lowest BCUT2D eigenvalue weighted by Crippen LogP contribution is -2.43. The van der Waals surface area contributed by atoms with Gasteiger partial charge in [-0.15, -0.1) is 0 Å².